The Morgan fingerprint density at radius 3 is 2.50 bits per heavy atom. The molecule has 3 aromatic rings. The Kier molecular flexibility index (Phi) is 6.32. The topological polar surface area (TPSA) is 161 Å². The van der Waals surface area contributed by atoms with Gasteiger partial charge in [0.1, 0.15) is 23.4 Å². The molecule has 12 heteroatoms. The molecular formula is C20H22N6O6. The van der Waals surface area contributed by atoms with Crippen LogP contribution >= 0.6 is 0 Å². The first-order chi connectivity index (χ1) is 15.1. The molecular weight excluding hydrogens is 420 g/mol. The molecule has 0 saturated carbocycles. The predicted molar refractivity (Wildman–Crippen MR) is 114 cm³/mol. The number of nitrogens with zero attached hydrogens (tertiary/aromatic N) is 5. The second-order valence-corrected chi connectivity index (χ2v) is 7.56. The van der Waals surface area contributed by atoms with Crippen LogP contribution in [0.25, 0.3) is 10.9 Å². The SMILES string of the molecule is CC(C)Cn1c(N)c(C(=O)COC(=O)Cn2nnc3ccccc3c2=O)c(=O)n(C)c1=O. The van der Waals surface area contributed by atoms with Gasteiger partial charge in [0.25, 0.3) is 11.1 Å². The van der Waals surface area contributed by atoms with Gasteiger partial charge in [-0.3, -0.25) is 28.3 Å². The van der Waals surface area contributed by atoms with E-state index in [-0.39, 0.29) is 23.7 Å². The lowest BCUT2D eigenvalue weighted by Crippen LogP contribution is -2.43. The van der Waals surface area contributed by atoms with Crippen molar-refractivity contribution in [1.82, 2.24) is 24.1 Å². The summed E-state index contributed by atoms with van der Waals surface area (Å²) in [6.45, 7) is 2.51. The van der Waals surface area contributed by atoms with E-state index in [0.717, 1.165) is 13.8 Å². The number of rotatable bonds is 7. The van der Waals surface area contributed by atoms with Crippen LogP contribution in [0.3, 0.4) is 0 Å². The minimum atomic E-state index is -0.934. The molecule has 0 bridgehead atoms. The molecule has 12 nitrogen and oxygen atoms in total. The van der Waals surface area contributed by atoms with Gasteiger partial charge in [-0.2, -0.15) is 4.68 Å². The van der Waals surface area contributed by atoms with Gasteiger partial charge in [-0.1, -0.05) is 31.2 Å². The zero-order chi connectivity index (χ0) is 23.6. The molecule has 0 amide bonds. The third-order valence-electron chi connectivity index (χ3n) is 4.68. The van der Waals surface area contributed by atoms with Crippen molar-refractivity contribution in [3.8, 4) is 0 Å². The maximum absolute atomic E-state index is 12.6. The fourth-order valence-electron chi connectivity index (χ4n) is 3.10. The van der Waals surface area contributed by atoms with Crippen molar-refractivity contribution in [2.75, 3.05) is 12.3 Å². The van der Waals surface area contributed by atoms with Crippen LogP contribution in [0.1, 0.15) is 24.2 Å². The highest BCUT2D eigenvalue weighted by Crippen LogP contribution is 2.09. The molecule has 0 aliphatic heterocycles. The van der Waals surface area contributed by atoms with Crippen LogP contribution in [0.4, 0.5) is 5.82 Å². The molecule has 0 aliphatic carbocycles. The fourth-order valence-corrected chi connectivity index (χ4v) is 3.10. The molecule has 0 saturated heterocycles. The Balaban J connectivity index is 1.79. The molecule has 0 atom stereocenters. The number of benzene rings is 1. The maximum Gasteiger partial charge on any atom is 0.332 e. The number of carbonyl (C=O) groups is 2. The molecule has 3 rings (SSSR count). The largest absolute Gasteiger partial charge is 0.456 e. The number of hydrogen-bond donors (Lipinski definition) is 1. The normalized spacial score (nSPS) is 11.1. The number of ether oxygens (including phenoxy) is 1. The first-order valence-electron chi connectivity index (χ1n) is 9.72. The van der Waals surface area contributed by atoms with Gasteiger partial charge in [0.2, 0.25) is 5.78 Å². The molecule has 2 heterocycles. The molecule has 1 aromatic carbocycles. The zero-order valence-electron chi connectivity index (χ0n) is 17.8. The van der Waals surface area contributed by atoms with Crippen LogP contribution in [-0.4, -0.2) is 42.5 Å². The number of Topliss-reactive ketones (excluding diaryl/α,β-unsaturated/α-hetero) is 1. The lowest BCUT2D eigenvalue weighted by molar-refractivity contribution is -0.143. The molecule has 0 spiro atoms. The molecule has 0 fully saturated rings. The summed E-state index contributed by atoms with van der Waals surface area (Å²) in [5, 5.41) is 7.81. The van der Waals surface area contributed by atoms with E-state index in [9.17, 15) is 24.0 Å². The van der Waals surface area contributed by atoms with Crippen LogP contribution in [0.5, 0.6) is 0 Å². The number of nitrogen functional groups attached to an aromatic ring is 1. The summed E-state index contributed by atoms with van der Waals surface area (Å²) in [5.41, 5.74) is 3.79. The summed E-state index contributed by atoms with van der Waals surface area (Å²) < 4.78 is 7.64. The number of esters is 1. The molecule has 2 aromatic heterocycles. The van der Waals surface area contributed by atoms with Crippen molar-refractivity contribution < 1.29 is 14.3 Å². The van der Waals surface area contributed by atoms with Crippen molar-refractivity contribution in [2.45, 2.75) is 26.9 Å². The Bertz CT molecular complexity index is 1380. The molecule has 0 radical (unpaired) electrons. The quantitative estimate of drug-likeness (QED) is 0.369. The first kappa shape index (κ1) is 22.6. The fraction of sp³-hybridized carbons (Fsp3) is 0.350. The van der Waals surface area contributed by atoms with E-state index in [4.69, 9.17) is 10.5 Å². The van der Waals surface area contributed by atoms with Crippen LogP contribution in [0.15, 0.2) is 38.6 Å². The lowest BCUT2D eigenvalue weighted by atomic mass is 10.1. The summed E-state index contributed by atoms with van der Waals surface area (Å²) in [6.07, 6.45) is 0. The summed E-state index contributed by atoms with van der Waals surface area (Å²) in [6, 6.07) is 6.49. The minimum absolute atomic E-state index is 0.0228. The van der Waals surface area contributed by atoms with Gasteiger partial charge < -0.3 is 10.5 Å². The van der Waals surface area contributed by atoms with Crippen molar-refractivity contribution in [1.29, 1.82) is 0 Å². The van der Waals surface area contributed by atoms with E-state index in [2.05, 4.69) is 10.3 Å². The Labute approximate surface area is 180 Å². The zero-order valence-corrected chi connectivity index (χ0v) is 17.8. The van der Waals surface area contributed by atoms with E-state index in [1.54, 1.807) is 24.3 Å². The highest BCUT2D eigenvalue weighted by atomic mass is 16.5. The molecule has 0 aliphatic rings. The monoisotopic (exact) mass is 442 g/mol. The number of aromatic nitrogens is 5. The van der Waals surface area contributed by atoms with Crippen molar-refractivity contribution in [2.24, 2.45) is 13.0 Å². The second-order valence-electron chi connectivity index (χ2n) is 7.56. The van der Waals surface area contributed by atoms with Gasteiger partial charge >= 0.3 is 11.7 Å². The minimum Gasteiger partial charge on any atom is -0.456 e. The first-order valence-corrected chi connectivity index (χ1v) is 9.72. The van der Waals surface area contributed by atoms with Gasteiger partial charge in [0, 0.05) is 13.6 Å². The highest BCUT2D eigenvalue weighted by molar-refractivity contribution is 6.01. The van der Waals surface area contributed by atoms with Gasteiger partial charge in [0.05, 0.1) is 5.39 Å². The van der Waals surface area contributed by atoms with Crippen molar-refractivity contribution in [3.63, 3.8) is 0 Å². The second kappa shape index (κ2) is 8.96. The number of carbonyl (C=O) groups excluding carboxylic acids is 2. The Morgan fingerprint density at radius 2 is 1.81 bits per heavy atom. The number of anilines is 1. The van der Waals surface area contributed by atoms with E-state index >= 15 is 0 Å². The van der Waals surface area contributed by atoms with Gasteiger partial charge in [0.15, 0.2) is 6.61 Å². The van der Waals surface area contributed by atoms with E-state index in [0.29, 0.717) is 5.52 Å². The molecule has 32 heavy (non-hydrogen) atoms. The Hall–Kier alpha value is -4.09. The highest BCUT2D eigenvalue weighted by Gasteiger charge is 2.23. The van der Waals surface area contributed by atoms with Crippen molar-refractivity contribution in [3.05, 3.63) is 61.0 Å². The van der Waals surface area contributed by atoms with Crippen LogP contribution in [0, 0.1) is 5.92 Å². The lowest BCUT2D eigenvalue weighted by Gasteiger charge is -2.16. The third kappa shape index (κ3) is 4.33. The van der Waals surface area contributed by atoms with Gasteiger partial charge in [-0.05, 0) is 18.1 Å². The third-order valence-corrected chi connectivity index (χ3v) is 4.68. The van der Waals surface area contributed by atoms with Gasteiger partial charge in [-0.25, -0.2) is 4.79 Å². The standard InChI is InChI=1S/C20H22N6O6/c1-11(2)8-25-17(21)16(19(30)24(3)20(25)31)14(27)10-32-15(28)9-26-18(29)12-6-4-5-7-13(12)22-23-26/h4-7,11H,8-10,21H2,1-3H3. The van der Waals surface area contributed by atoms with E-state index < -0.39 is 47.3 Å². The smallest absolute Gasteiger partial charge is 0.332 e. The number of nitrogens with two attached hydrogens (primary N) is 1. The van der Waals surface area contributed by atoms with Crippen LogP contribution in [0.2, 0.25) is 0 Å². The van der Waals surface area contributed by atoms with Crippen molar-refractivity contribution >= 4 is 28.5 Å². The van der Waals surface area contributed by atoms with Crippen LogP contribution < -0.4 is 22.5 Å². The molecule has 2 N–H and O–H groups in total. The number of fused-ring (bicyclic) bond motifs is 1. The van der Waals surface area contributed by atoms with E-state index in [1.807, 2.05) is 13.8 Å². The average Bonchev–Trinajstić information content (AvgIpc) is 2.76. The maximum atomic E-state index is 12.6. The Morgan fingerprint density at radius 1 is 1.12 bits per heavy atom. The summed E-state index contributed by atoms with van der Waals surface area (Å²) in [7, 11) is 1.23. The van der Waals surface area contributed by atoms with Crippen LogP contribution in [-0.2, 0) is 29.7 Å². The summed E-state index contributed by atoms with van der Waals surface area (Å²) in [5.74, 6) is -2.07. The van der Waals surface area contributed by atoms with Gasteiger partial charge in [-0.15, -0.1) is 5.10 Å². The molecule has 0 unspecified atom stereocenters. The summed E-state index contributed by atoms with van der Waals surface area (Å²) >= 11 is 0. The summed E-state index contributed by atoms with van der Waals surface area (Å²) in [4.78, 5) is 61.9. The predicted octanol–water partition coefficient (Wildman–Crippen LogP) is -0.684. The van der Waals surface area contributed by atoms with E-state index in [1.165, 1.54) is 7.05 Å². The average molecular weight is 442 g/mol. The number of hydrogen-bond acceptors (Lipinski definition) is 9. The molecule has 168 valence electrons. The number of ketones is 1.